The number of urea groups is 1. The Hall–Kier alpha value is -1.78. The van der Waals surface area contributed by atoms with Gasteiger partial charge in [-0.15, -0.1) is 0 Å². The molecule has 13 heavy (non-hydrogen) atoms. The number of halogens is 1. The quantitative estimate of drug-likeness (QED) is 0.728. The number of carbonyl (C=O) groups excluding carboxylic acids is 1. The van der Waals surface area contributed by atoms with Gasteiger partial charge in [0, 0.05) is 0 Å². The molecule has 0 aromatic heterocycles. The Morgan fingerprint density at radius 1 is 1.62 bits per heavy atom. The molecule has 0 atom stereocenters. The maximum atomic E-state index is 13.0. The van der Waals surface area contributed by atoms with Gasteiger partial charge in [0.1, 0.15) is 0 Å². The van der Waals surface area contributed by atoms with E-state index in [1.54, 1.807) is 0 Å². The molecule has 1 aromatic carbocycles. The monoisotopic (exact) mass is 184 g/mol. The Kier molecular flexibility index (Phi) is 2.69. The molecular formula is C8H9FN2O2. The summed E-state index contributed by atoms with van der Waals surface area (Å²) in [6.45, 7) is 0. The van der Waals surface area contributed by atoms with E-state index in [9.17, 15) is 9.18 Å². The van der Waals surface area contributed by atoms with Crippen molar-refractivity contribution in [1.29, 1.82) is 0 Å². The highest BCUT2D eigenvalue weighted by atomic mass is 19.1. The first kappa shape index (κ1) is 9.31. The van der Waals surface area contributed by atoms with Crippen LogP contribution >= 0.6 is 0 Å². The van der Waals surface area contributed by atoms with Crippen LogP contribution in [0.25, 0.3) is 0 Å². The van der Waals surface area contributed by atoms with Crippen molar-refractivity contribution >= 4 is 11.7 Å². The van der Waals surface area contributed by atoms with Crippen molar-refractivity contribution in [3.8, 4) is 5.75 Å². The molecule has 2 amide bonds. The van der Waals surface area contributed by atoms with Crippen LogP contribution in [0, 0.1) is 5.82 Å². The number of methoxy groups -OCH3 is 1. The van der Waals surface area contributed by atoms with Gasteiger partial charge in [-0.05, 0) is 12.1 Å². The van der Waals surface area contributed by atoms with E-state index in [0.29, 0.717) is 0 Å². The first-order valence-electron chi connectivity index (χ1n) is 3.54. The number of hydrogen-bond donors (Lipinski definition) is 2. The third-order valence-electron chi connectivity index (χ3n) is 1.43. The molecular weight excluding hydrogens is 175 g/mol. The SMILES string of the molecule is COc1c(F)cccc1NC(N)=O. The highest BCUT2D eigenvalue weighted by molar-refractivity contribution is 5.89. The van der Waals surface area contributed by atoms with E-state index in [2.05, 4.69) is 5.32 Å². The lowest BCUT2D eigenvalue weighted by Crippen LogP contribution is -2.19. The normalized spacial score (nSPS) is 9.38. The summed E-state index contributed by atoms with van der Waals surface area (Å²) in [5.74, 6) is -0.574. The van der Waals surface area contributed by atoms with Crippen molar-refractivity contribution in [3.05, 3.63) is 24.0 Å². The van der Waals surface area contributed by atoms with Crippen molar-refractivity contribution in [1.82, 2.24) is 0 Å². The molecule has 4 nitrogen and oxygen atoms in total. The first-order valence-corrected chi connectivity index (χ1v) is 3.54. The van der Waals surface area contributed by atoms with E-state index >= 15 is 0 Å². The van der Waals surface area contributed by atoms with Gasteiger partial charge >= 0.3 is 6.03 Å². The molecule has 0 unspecified atom stereocenters. The molecule has 0 heterocycles. The van der Waals surface area contributed by atoms with Crippen molar-refractivity contribution in [2.24, 2.45) is 5.73 Å². The maximum Gasteiger partial charge on any atom is 0.316 e. The Morgan fingerprint density at radius 2 is 2.31 bits per heavy atom. The van der Waals surface area contributed by atoms with Gasteiger partial charge in [0.05, 0.1) is 12.8 Å². The van der Waals surface area contributed by atoms with Crippen molar-refractivity contribution < 1.29 is 13.9 Å². The number of hydrogen-bond acceptors (Lipinski definition) is 2. The second-order valence-corrected chi connectivity index (χ2v) is 2.31. The van der Waals surface area contributed by atoms with E-state index in [4.69, 9.17) is 10.5 Å². The van der Waals surface area contributed by atoms with E-state index < -0.39 is 11.8 Å². The van der Waals surface area contributed by atoms with E-state index in [1.165, 1.54) is 25.3 Å². The molecule has 0 aliphatic carbocycles. The van der Waals surface area contributed by atoms with Crippen LogP contribution in [0.4, 0.5) is 14.9 Å². The summed E-state index contributed by atoms with van der Waals surface area (Å²) in [7, 11) is 1.31. The second-order valence-electron chi connectivity index (χ2n) is 2.31. The zero-order valence-electron chi connectivity index (χ0n) is 7.00. The van der Waals surface area contributed by atoms with Crippen molar-refractivity contribution in [2.45, 2.75) is 0 Å². The number of rotatable bonds is 2. The molecule has 0 saturated heterocycles. The van der Waals surface area contributed by atoms with Gasteiger partial charge in [0.25, 0.3) is 0 Å². The molecule has 1 rings (SSSR count). The molecule has 0 aliphatic heterocycles. The van der Waals surface area contributed by atoms with Crippen LogP contribution in [0.1, 0.15) is 0 Å². The van der Waals surface area contributed by atoms with Gasteiger partial charge < -0.3 is 15.8 Å². The molecule has 70 valence electrons. The number of para-hydroxylation sites is 1. The molecule has 0 saturated carbocycles. The third-order valence-corrected chi connectivity index (χ3v) is 1.43. The molecule has 0 bridgehead atoms. The molecule has 3 N–H and O–H groups in total. The van der Waals surface area contributed by atoms with E-state index in [1.807, 2.05) is 0 Å². The number of anilines is 1. The second kappa shape index (κ2) is 3.75. The fraction of sp³-hybridized carbons (Fsp3) is 0.125. The fourth-order valence-electron chi connectivity index (χ4n) is 0.947. The molecule has 0 radical (unpaired) electrons. The zero-order valence-corrected chi connectivity index (χ0v) is 7.00. The topological polar surface area (TPSA) is 64.3 Å². The van der Waals surface area contributed by atoms with Crippen LogP contribution in [-0.2, 0) is 0 Å². The highest BCUT2D eigenvalue weighted by Crippen LogP contribution is 2.26. The van der Waals surface area contributed by atoms with Gasteiger partial charge in [0.2, 0.25) is 0 Å². The molecule has 0 aliphatic rings. The van der Waals surface area contributed by atoms with Gasteiger partial charge in [-0.25, -0.2) is 9.18 Å². The average molecular weight is 184 g/mol. The molecule has 5 heteroatoms. The Bertz CT molecular complexity index is 328. The first-order chi connectivity index (χ1) is 6.15. The van der Waals surface area contributed by atoms with Gasteiger partial charge in [0.15, 0.2) is 11.6 Å². The van der Waals surface area contributed by atoms with Crippen molar-refractivity contribution in [2.75, 3.05) is 12.4 Å². The lowest BCUT2D eigenvalue weighted by atomic mass is 10.3. The Morgan fingerprint density at radius 3 is 2.85 bits per heavy atom. The summed E-state index contributed by atoms with van der Waals surface area (Å²) in [6, 6.07) is 3.41. The van der Waals surface area contributed by atoms with Gasteiger partial charge in [-0.1, -0.05) is 6.07 Å². The number of amides is 2. The lowest BCUT2D eigenvalue weighted by Gasteiger charge is -2.08. The fourth-order valence-corrected chi connectivity index (χ4v) is 0.947. The predicted octanol–water partition coefficient (Wildman–Crippen LogP) is 1.32. The van der Waals surface area contributed by atoms with Gasteiger partial charge in [-0.2, -0.15) is 0 Å². The van der Waals surface area contributed by atoms with Crippen LogP contribution < -0.4 is 15.8 Å². The van der Waals surface area contributed by atoms with E-state index in [-0.39, 0.29) is 11.4 Å². The summed E-state index contributed by atoms with van der Waals surface area (Å²) in [5.41, 5.74) is 5.09. The summed E-state index contributed by atoms with van der Waals surface area (Å²) in [5, 5.41) is 2.24. The predicted molar refractivity (Wildman–Crippen MR) is 46.2 cm³/mol. The van der Waals surface area contributed by atoms with Crippen molar-refractivity contribution in [3.63, 3.8) is 0 Å². The van der Waals surface area contributed by atoms with Crippen LogP contribution in [0.5, 0.6) is 5.75 Å². The Balaban J connectivity index is 3.05. The van der Waals surface area contributed by atoms with E-state index in [0.717, 1.165) is 0 Å². The van der Waals surface area contributed by atoms with Crippen LogP contribution in [0.3, 0.4) is 0 Å². The number of primary amides is 1. The van der Waals surface area contributed by atoms with Crippen LogP contribution in [0.15, 0.2) is 18.2 Å². The lowest BCUT2D eigenvalue weighted by molar-refractivity contribution is 0.259. The van der Waals surface area contributed by atoms with Crippen LogP contribution in [0.2, 0.25) is 0 Å². The minimum absolute atomic E-state index is 0.0266. The zero-order chi connectivity index (χ0) is 9.84. The van der Waals surface area contributed by atoms with Gasteiger partial charge in [-0.3, -0.25) is 0 Å². The molecule has 0 spiro atoms. The minimum Gasteiger partial charge on any atom is -0.492 e. The highest BCUT2D eigenvalue weighted by Gasteiger charge is 2.08. The standard InChI is InChI=1S/C8H9FN2O2/c1-13-7-5(9)3-2-4-6(7)11-8(10)12/h2-4H,1H3,(H3,10,11,12). The largest absolute Gasteiger partial charge is 0.492 e. The number of carbonyl (C=O) groups is 1. The maximum absolute atomic E-state index is 13.0. The number of nitrogens with two attached hydrogens (primary N) is 1. The minimum atomic E-state index is -0.760. The smallest absolute Gasteiger partial charge is 0.316 e. The summed E-state index contributed by atoms with van der Waals surface area (Å²) < 4.78 is 17.7. The summed E-state index contributed by atoms with van der Waals surface area (Å²) in [4.78, 5) is 10.5. The third kappa shape index (κ3) is 2.08. The van der Waals surface area contributed by atoms with Crippen LogP contribution in [-0.4, -0.2) is 13.1 Å². The number of nitrogens with one attached hydrogen (secondary N) is 1. The summed E-state index contributed by atoms with van der Waals surface area (Å²) >= 11 is 0. The number of ether oxygens (including phenoxy) is 1. The Labute approximate surface area is 74.5 Å². The molecule has 1 aromatic rings. The summed E-state index contributed by atoms with van der Waals surface area (Å²) in [6.07, 6.45) is 0. The number of benzene rings is 1. The average Bonchev–Trinajstić information content (AvgIpc) is 2.03. The molecule has 0 fully saturated rings.